The first kappa shape index (κ1) is 17.0. The second-order valence-corrected chi connectivity index (χ2v) is 7.15. The van der Waals surface area contributed by atoms with Gasteiger partial charge in [0, 0.05) is 9.79 Å². The molecule has 0 aliphatic carbocycles. The molecular formula is C14H8Cl2O4S2. The van der Waals surface area contributed by atoms with Gasteiger partial charge in [-0.2, -0.15) is 0 Å². The molecule has 22 heavy (non-hydrogen) atoms. The number of rotatable bonds is 5. The minimum atomic E-state index is -1.08. The van der Waals surface area contributed by atoms with E-state index in [1.54, 1.807) is 24.3 Å². The number of benzene rings is 2. The van der Waals surface area contributed by atoms with E-state index < -0.39 is 11.9 Å². The van der Waals surface area contributed by atoms with Gasteiger partial charge in [0.05, 0.1) is 21.2 Å². The van der Waals surface area contributed by atoms with Crippen LogP contribution in [0.2, 0.25) is 10.0 Å². The van der Waals surface area contributed by atoms with Crippen LogP contribution in [0.1, 0.15) is 20.7 Å². The maximum absolute atomic E-state index is 10.9. The van der Waals surface area contributed by atoms with Crippen LogP contribution >= 0.6 is 44.8 Å². The van der Waals surface area contributed by atoms with Gasteiger partial charge < -0.3 is 10.2 Å². The summed E-state index contributed by atoms with van der Waals surface area (Å²) in [5, 5.41) is 18.1. The maximum Gasteiger partial charge on any atom is 0.337 e. The van der Waals surface area contributed by atoms with Gasteiger partial charge in [0.15, 0.2) is 0 Å². The summed E-state index contributed by atoms with van der Waals surface area (Å²) < 4.78 is 0. The molecule has 0 unspecified atom stereocenters. The third-order valence-electron chi connectivity index (χ3n) is 2.58. The fraction of sp³-hybridized carbons (Fsp3) is 0. The van der Waals surface area contributed by atoms with Crippen LogP contribution in [-0.4, -0.2) is 22.2 Å². The zero-order chi connectivity index (χ0) is 16.3. The van der Waals surface area contributed by atoms with E-state index in [1.165, 1.54) is 33.7 Å². The highest BCUT2D eigenvalue weighted by Crippen LogP contribution is 2.39. The SMILES string of the molecule is O=C(O)c1ccc(SSc2ccc(C(=O)O)c(Cl)c2)cc1Cl. The highest BCUT2D eigenvalue weighted by atomic mass is 35.5. The maximum atomic E-state index is 10.9. The molecular weight excluding hydrogens is 367 g/mol. The predicted octanol–water partition coefficient (Wildman–Crippen LogP) is 5.19. The van der Waals surface area contributed by atoms with E-state index in [0.29, 0.717) is 0 Å². The summed E-state index contributed by atoms with van der Waals surface area (Å²) in [7, 11) is 2.73. The molecule has 0 aliphatic heterocycles. The molecule has 0 heterocycles. The van der Waals surface area contributed by atoms with Crippen LogP contribution in [-0.2, 0) is 0 Å². The second-order valence-electron chi connectivity index (χ2n) is 4.06. The number of carboxylic acid groups (broad SMARTS) is 2. The molecule has 0 spiro atoms. The number of halogens is 2. The van der Waals surface area contributed by atoms with Gasteiger partial charge in [-0.1, -0.05) is 44.8 Å². The van der Waals surface area contributed by atoms with Crippen molar-refractivity contribution in [3.63, 3.8) is 0 Å². The zero-order valence-electron chi connectivity index (χ0n) is 10.7. The summed E-state index contributed by atoms with van der Waals surface area (Å²) in [5.41, 5.74) is 0.0924. The van der Waals surface area contributed by atoms with Crippen LogP contribution in [0.3, 0.4) is 0 Å². The molecule has 0 aliphatic rings. The van der Waals surface area contributed by atoms with Gasteiger partial charge in [0.25, 0.3) is 0 Å². The van der Waals surface area contributed by atoms with E-state index in [-0.39, 0.29) is 21.2 Å². The van der Waals surface area contributed by atoms with Crippen LogP contribution in [0.15, 0.2) is 46.2 Å². The average Bonchev–Trinajstić information content (AvgIpc) is 2.44. The van der Waals surface area contributed by atoms with Gasteiger partial charge in [-0.3, -0.25) is 0 Å². The summed E-state index contributed by atoms with van der Waals surface area (Å²) in [6.45, 7) is 0. The molecule has 2 N–H and O–H groups in total. The Bertz CT molecular complexity index is 686. The van der Waals surface area contributed by atoms with Gasteiger partial charge >= 0.3 is 11.9 Å². The largest absolute Gasteiger partial charge is 0.478 e. The third kappa shape index (κ3) is 4.10. The van der Waals surface area contributed by atoms with Crippen LogP contribution in [0.25, 0.3) is 0 Å². The lowest BCUT2D eigenvalue weighted by Gasteiger charge is -2.05. The smallest absolute Gasteiger partial charge is 0.337 e. The van der Waals surface area contributed by atoms with Crippen molar-refractivity contribution in [2.24, 2.45) is 0 Å². The molecule has 0 fully saturated rings. The van der Waals surface area contributed by atoms with Crippen molar-refractivity contribution in [1.82, 2.24) is 0 Å². The van der Waals surface area contributed by atoms with Crippen molar-refractivity contribution in [3.05, 3.63) is 57.6 Å². The molecule has 4 nitrogen and oxygen atoms in total. The van der Waals surface area contributed by atoms with Gasteiger partial charge in [-0.25, -0.2) is 9.59 Å². The van der Waals surface area contributed by atoms with Crippen molar-refractivity contribution in [2.45, 2.75) is 9.79 Å². The van der Waals surface area contributed by atoms with Crippen molar-refractivity contribution >= 4 is 56.7 Å². The lowest BCUT2D eigenvalue weighted by Crippen LogP contribution is -1.97. The van der Waals surface area contributed by atoms with Gasteiger partial charge in [0.2, 0.25) is 0 Å². The monoisotopic (exact) mass is 374 g/mol. The lowest BCUT2D eigenvalue weighted by molar-refractivity contribution is 0.0686. The minimum Gasteiger partial charge on any atom is -0.478 e. The van der Waals surface area contributed by atoms with Crippen molar-refractivity contribution in [3.8, 4) is 0 Å². The van der Waals surface area contributed by atoms with E-state index in [4.69, 9.17) is 33.4 Å². The number of aromatic carboxylic acids is 2. The van der Waals surface area contributed by atoms with E-state index >= 15 is 0 Å². The second kappa shape index (κ2) is 7.28. The number of hydrogen-bond donors (Lipinski definition) is 2. The molecule has 114 valence electrons. The van der Waals surface area contributed by atoms with E-state index in [2.05, 4.69) is 0 Å². The van der Waals surface area contributed by atoms with Crippen molar-refractivity contribution in [2.75, 3.05) is 0 Å². The van der Waals surface area contributed by atoms with Crippen LogP contribution in [0, 0.1) is 0 Å². The fourth-order valence-electron chi connectivity index (χ4n) is 1.54. The lowest BCUT2D eigenvalue weighted by atomic mass is 10.2. The number of carboxylic acids is 2. The minimum absolute atomic E-state index is 0.0462. The topological polar surface area (TPSA) is 74.6 Å². The van der Waals surface area contributed by atoms with Gasteiger partial charge in [0.1, 0.15) is 0 Å². The molecule has 0 radical (unpaired) electrons. The summed E-state index contributed by atoms with van der Waals surface area (Å²) in [5.74, 6) is -2.16. The Kier molecular flexibility index (Phi) is 5.63. The Morgan fingerprint density at radius 2 is 1.14 bits per heavy atom. The average molecular weight is 375 g/mol. The molecule has 0 amide bonds. The molecule has 0 atom stereocenters. The Morgan fingerprint density at radius 3 is 1.41 bits per heavy atom. The standard InChI is InChI=1S/C14H8Cl2O4S2/c15-11-5-7(1-3-9(11)13(17)18)21-22-8-2-4-10(14(19)20)12(16)6-8/h1-6H,(H,17,18)(H,19,20). The highest BCUT2D eigenvalue weighted by molar-refractivity contribution is 8.76. The van der Waals surface area contributed by atoms with E-state index in [9.17, 15) is 9.59 Å². The molecule has 2 aromatic carbocycles. The quantitative estimate of drug-likeness (QED) is 0.701. The molecule has 0 saturated carbocycles. The first-order chi connectivity index (χ1) is 10.4. The van der Waals surface area contributed by atoms with Crippen molar-refractivity contribution < 1.29 is 19.8 Å². The van der Waals surface area contributed by atoms with Crippen molar-refractivity contribution in [1.29, 1.82) is 0 Å². The molecule has 0 aromatic heterocycles. The van der Waals surface area contributed by atoms with Gasteiger partial charge in [-0.15, -0.1) is 0 Å². The van der Waals surface area contributed by atoms with E-state index in [0.717, 1.165) is 9.79 Å². The Morgan fingerprint density at radius 1 is 0.773 bits per heavy atom. The van der Waals surface area contributed by atoms with Crippen LogP contribution in [0.4, 0.5) is 0 Å². The van der Waals surface area contributed by atoms with Crippen LogP contribution in [0.5, 0.6) is 0 Å². The Balaban J connectivity index is 2.10. The zero-order valence-corrected chi connectivity index (χ0v) is 13.9. The first-order valence-electron chi connectivity index (χ1n) is 5.78. The highest BCUT2D eigenvalue weighted by Gasteiger charge is 2.11. The number of carbonyl (C=O) groups is 2. The molecule has 0 saturated heterocycles. The molecule has 8 heteroatoms. The van der Waals surface area contributed by atoms with Crippen LogP contribution < -0.4 is 0 Å². The summed E-state index contributed by atoms with van der Waals surface area (Å²) in [4.78, 5) is 23.3. The first-order valence-corrected chi connectivity index (χ1v) is 8.69. The predicted molar refractivity (Wildman–Crippen MR) is 88.5 cm³/mol. The van der Waals surface area contributed by atoms with Gasteiger partial charge in [-0.05, 0) is 36.4 Å². The third-order valence-corrected chi connectivity index (χ3v) is 5.58. The molecule has 0 bridgehead atoms. The fourth-order valence-corrected chi connectivity index (χ4v) is 4.16. The number of hydrogen-bond acceptors (Lipinski definition) is 4. The normalized spacial score (nSPS) is 10.5. The summed E-state index contributed by atoms with van der Waals surface area (Å²) >= 11 is 11.8. The van der Waals surface area contributed by atoms with E-state index in [1.807, 2.05) is 0 Å². The molecule has 2 aromatic rings. The summed E-state index contributed by atoms with van der Waals surface area (Å²) in [6.07, 6.45) is 0. The Labute approximate surface area is 143 Å². The summed E-state index contributed by atoms with van der Waals surface area (Å²) in [6, 6.07) is 9.31. The Hall–Kier alpha value is -1.34. The molecule has 2 rings (SSSR count).